The molecule has 1 aromatic heterocycles. The van der Waals surface area contributed by atoms with E-state index in [-0.39, 0.29) is 6.10 Å². The molecule has 0 N–H and O–H groups in total. The van der Waals surface area contributed by atoms with Crippen LogP contribution in [0.5, 0.6) is 5.88 Å². The first-order valence-electron chi connectivity index (χ1n) is 6.46. The first-order chi connectivity index (χ1) is 9.36. The van der Waals surface area contributed by atoms with Crippen LogP contribution >= 0.6 is 0 Å². The highest BCUT2D eigenvalue weighted by Crippen LogP contribution is 2.22. The van der Waals surface area contributed by atoms with Gasteiger partial charge in [0.15, 0.2) is 6.29 Å². The fourth-order valence-electron chi connectivity index (χ4n) is 2.26. The summed E-state index contributed by atoms with van der Waals surface area (Å²) in [5.74, 6) is 0.393. The number of aromatic nitrogens is 1. The molecule has 4 heteroatoms. The average molecular weight is 257 g/mol. The Hall–Kier alpha value is -1.94. The molecule has 2 aromatic rings. The van der Waals surface area contributed by atoms with E-state index in [2.05, 4.69) is 4.98 Å². The summed E-state index contributed by atoms with van der Waals surface area (Å²) in [4.78, 5) is 15.5. The summed E-state index contributed by atoms with van der Waals surface area (Å²) in [7, 11) is 0. The molecule has 98 valence electrons. The average Bonchev–Trinajstić information content (AvgIpc) is 2.97. The molecule has 0 bridgehead atoms. The van der Waals surface area contributed by atoms with Crippen LogP contribution < -0.4 is 4.74 Å². The zero-order chi connectivity index (χ0) is 13.1. The van der Waals surface area contributed by atoms with E-state index >= 15 is 0 Å². The predicted octanol–water partition coefficient (Wildman–Crippen LogP) is 2.61. The zero-order valence-corrected chi connectivity index (χ0v) is 10.5. The first-order valence-corrected chi connectivity index (χ1v) is 6.46. The fourth-order valence-corrected chi connectivity index (χ4v) is 2.26. The number of para-hydroxylation sites is 1. The van der Waals surface area contributed by atoms with Gasteiger partial charge >= 0.3 is 0 Å². The Labute approximate surface area is 111 Å². The van der Waals surface area contributed by atoms with Gasteiger partial charge in [-0.1, -0.05) is 18.2 Å². The quantitative estimate of drug-likeness (QED) is 0.790. The maximum Gasteiger partial charge on any atom is 0.224 e. The number of benzene rings is 1. The van der Waals surface area contributed by atoms with Gasteiger partial charge in [0, 0.05) is 12.0 Å². The van der Waals surface area contributed by atoms with Gasteiger partial charge in [0.25, 0.3) is 0 Å². The van der Waals surface area contributed by atoms with Gasteiger partial charge in [0.05, 0.1) is 17.2 Å². The Morgan fingerprint density at radius 3 is 3.11 bits per heavy atom. The van der Waals surface area contributed by atoms with Gasteiger partial charge in [-0.15, -0.1) is 0 Å². The minimum atomic E-state index is 0.118. The number of pyridine rings is 1. The molecule has 1 atom stereocenters. The second-order valence-corrected chi connectivity index (χ2v) is 4.64. The van der Waals surface area contributed by atoms with E-state index in [0.717, 1.165) is 36.6 Å². The van der Waals surface area contributed by atoms with Gasteiger partial charge in [-0.2, -0.15) is 0 Å². The minimum Gasteiger partial charge on any atom is -0.474 e. The molecule has 19 heavy (non-hydrogen) atoms. The van der Waals surface area contributed by atoms with Crippen molar-refractivity contribution in [1.29, 1.82) is 0 Å². The van der Waals surface area contributed by atoms with Gasteiger partial charge < -0.3 is 9.47 Å². The molecular weight excluding hydrogens is 242 g/mol. The Bertz CT molecular complexity index is 591. The lowest BCUT2D eigenvalue weighted by molar-refractivity contribution is 0.0660. The molecular formula is C15H15NO3. The molecule has 1 aliphatic rings. The Kier molecular flexibility index (Phi) is 3.42. The number of hydrogen-bond donors (Lipinski definition) is 0. The molecule has 4 nitrogen and oxygen atoms in total. The molecule has 2 heterocycles. The third-order valence-electron chi connectivity index (χ3n) is 3.27. The minimum absolute atomic E-state index is 0.118. The summed E-state index contributed by atoms with van der Waals surface area (Å²) < 4.78 is 11.1. The summed E-state index contributed by atoms with van der Waals surface area (Å²) >= 11 is 0. The standard InChI is InChI=1S/C15H15NO3/c17-9-12-8-11-4-1-2-6-14(11)16-15(12)19-10-13-5-3-7-18-13/h1-2,4,6,8-9,13H,3,5,7,10H2. The van der Waals surface area contributed by atoms with Crippen LogP contribution in [-0.4, -0.2) is 30.6 Å². The van der Waals surface area contributed by atoms with Gasteiger partial charge in [0.1, 0.15) is 6.61 Å². The van der Waals surface area contributed by atoms with Crippen molar-refractivity contribution in [3.05, 3.63) is 35.9 Å². The van der Waals surface area contributed by atoms with Crippen LogP contribution in [0.2, 0.25) is 0 Å². The van der Waals surface area contributed by atoms with Crippen LogP contribution in [0.25, 0.3) is 10.9 Å². The first kappa shape index (κ1) is 12.1. The highest BCUT2D eigenvalue weighted by atomic mass is 16.5. The normalized spacial score (nSPS) is 18.6. The van der Waals surface area contributed by atoms with Crippen molar-refractivity contribution in [3.8, 4) is 5.88 Å². The van der Waals surface area contributed by atoms with Crippen molar-refractivity contribution in [2.75, 3.05) is 13.2 Å². The second kappa shape index (κ2) is 5.36. The van der Waals surface area contributed by atoms with Crippen LogP contribution in [-0.2, 0) is 4.74 Å². The number of aldehydes is 1. The smallest absolute Gasteiger partial charge is 0.224 e. The SMILES string of the molecule is O=Cc1cc2ccccc2nc1OCC1CCCO1. The van der Waals surface area contributed by atoms with E-state index < -0.39 is 0 Å². The molecule has 1 aliphatic heterocycles. The summed E-state index contributed by atoms with van der Waals surface area (Å²) in [5, 5.41) is 0.939. The number of rotatable bonds is 4. The molecule has 0 radical (unpaired) electrons. The van der Waals surface area contributed by atoms with Crippen molar-refractivity contribution in [2.24, 2.45) is 0 Å². The number of ether oxygens (including phenoxy) is 2. The maximum atomic E-state index is 11.1. The van der Waals surface area contributed by atoms with E-state index in [0.29, 0.717) is 18.1 Å². The Balaban J connectivity index is 1.85. The van der Waals surface area contributed by atoms with Crippen LogP contribution in [0.3, 0.4) is 0 Å². The van der Waals surface area contributed by atoms with Crippen LogP contribution in [0.1, 0.15) is 23.2 Å². The van der Waals surface area contributed by atoms with E-state index in [1.54, 1.807) is 6.07 Å². The number of nitrogens with zero attached hydrogens (tertiary/aromatic N) is 1. The number of carbonyl (C=O) groups is 1. The highest BCUT2D eigenvalue weighted by molar-refractivity contribution is 5.88. The largest absolute Gasteiger partial charge is 0.474 e. The molecule has 0 amide bonds. The van der Waals surface area contributed by atoms with E-state index in [1.165, 1.54) is 0 Å². The van der Waals surface area contributed by atoms with E-state index in [9.17, 15) is 4.79 Å². The van der Waals surface area contributed by atoms with Gasteiger partial charge in [-0.25, -0.2) is 4.98 Å². The molecule has 0 saturated carbocycles. The Morgan fingerprint density at radius 2 is 2.32 bits per heavy atom. The molecule has 1 unspecified atom stereocenters. The molecule has 0 spiro atoms. The van der Waals surface area contributed by atoms with Crippen molar-refractivity contribution < 1.29 is 14.3 Å². The van der Waals surface area contributed by atoms with Crippen LogP contribution in [0.4, 0.5) is 0 Å². The summed E-state index contributed by atoms with van der Waals surface area (Å²) in [5.41, 5.74) is 1.31. The van der Waals surface area contributed by atoms with Gasteiger partial charge in [-0.05, 0) is 25.0 Å². The lowest BCUT2D eigenvalue weighted by Gasteiger charge is -2.12. The van der Waals surface area contributed by atoms with Crippen molar-refractivity contribution in [1.82, 2.24) is 4.98 Å². The Morgan fingerprint density at radius 1 is 1.42 bits per heavy atom. The van der Waals surface area contributed by atoms with Gasteiger partial charge in [-0.3, -0.25) is 4.79 Å². The van der Waals surface area contributed by atoms with Crippen molar-refractivity contribution in [2.45, 2.75) is 18.9 Å². The van der Waals surface area contributed by atoms with Gasteiger partial charge in [0.2, 0.25) is 5.88 Å². The lowest BCUT2D eigenvalue weighted by Crippen LogP contribution is -2.17. The summed E-state index contributed by atoms with van der Waals surface area (Å²) in [6.07, 6.45) is 2.97. The lowest BCUT2D eigenvalue weighted by atomic mass is 10.1. The summed E-state index contributed by atoms with van der Waals surface area (Å²) in [6, 6.07) is 9.48. The second-order valence-electron chi connectivity index (χ2n) is 4.64. The number of hydrogen-bond acceptors (Lipinski definition) is 4. The highest BCUT2D eigenvalue weighted by Gasteiger charge is 2.17. The van der Waals surface area contributed by atoms with Crippen molar-refractivity contribution >= 4 is 17.2 Å². The number of fused-ring (bicyclic) bond motifs is 1. The third-order valence-corrected chi connectivity index (χ3v) is 3.27. The third kappa shape index (κ3) is 2.58. The van der Waals surface area contributed by atoms with E-state index in [1.807, 2.05) is 24.3 Å². The molecule has 3 rings (SSSR count). The van der Waals surface area contributed by atoms with E-state index in [4.69, 9.17) is 9.47 Å². The molecule has 0 aliphatic carbocycles. The van der Waals surface area contributed by atoms with Crippen LogP contribution in [0, 0.1) is 0 Å². The summed E-state index contributed by atoms with van der Waals surface area (Å²) in [6.45, 7) is 1.24. The predicted molar refractivity (Wildman–Crippen MR) is 71.6 cm³/mol. The van der Waals surface area contributed by atoms with Crippen molar-refractivity contribution in [3.63, 3.8) is 0 Å². The molecule has 1 fully saturated rings. The topological polar surface area (TPSA) is 48.4 Å². The fraction of sp³-hybridized carbons (Fsp3) is 0.333. The number of carbonyl (C=O) groups excluding carboxylic acids is 1. The molecule has 1 aromatic carbocycles. The monoisotopic (exact) mass is 257 g/mol. The molecule has 1 saturated heterocycles. The zero-order valence-electron chi connectivity index (χ0n) is 10.5. The maximum absolute atomic E-state index is 11.1. The van der Waals surface area contributed by atoms with Crippen LogP contribution in [0.15, 0.2) is 30.3 Å².